The van der Waals surface area contributed by atoms with Gasteiger partial charge in [-0.3, -0.25) is 0 Å². The number of nitrogens with zero attached hydrogens (tertiary/aromatic N) is 2. The molecule has 1 aliphatic carbocycles. The van der Waals surface area contributed by atoms with Crippen LogP contribution in [-0.2, 0) is 12.8 Å². The number of hydrogen-bond acceptors (Lipinski definition) is 2. The van der Waals surface area contributed by atoms with Crippen molar-refractivity contribution in [1.82, 2.24) is 9.97 Å². The quantitative estimate of drug-likeness (QED) is 0.459. The standard InChI is InChI=1S/C22H18N2/c1-2-5-18-15(4-1)6-10-21-19-9-8-17(22-23-12-3-13-24-22)14-16(19)7-11-20(18)21/h1-7,10-13,17H,8-9,14H2. The first-order valence-electron chi connectivity index (χ1n) is 8.59. The highest BCUT2D eigenvalue weighted by atomic mass is 14.9. The van der Waals surface area contributed by atoms with E-state index in [1.54, 1.807) is 0 Å². The molecule has 0 amide bonds. The third-order valence-electron chi connectivity index (χ3n) is 5.29. The summed E-state index contributed by atoms with van der Waals surface area (Å²) in [6.45, 7) is 0. The zero-order valence-corrected chi connectivity index (χ0v) is 13.4. The molecule has 0 saturated heterocycles. The number of aromatic nitrogens is 2. The highest BCUT2D eigenvalue weighted by molar-refractivity contribution is 6.08. The topological polar surface area (TPSA) is 25.8 Å². The van der Waals surface area contributed by atoms with Crippen molar-refractivity contribution in [3.05, 3.63) is 83.9 Å². The molecule has 0 radical (unpaired) electrons. The number of fused-ring (bicyclic) bond motifs is 5. The van der Waals surface area contributed by atoms with Crippen LogP contribution >= 0.6 is 0 Å². The highest BCUT2D eigenvalue weighted by Crippen LogP contribution is 2.37. The van der Waals surface area contributed by atoms with Gasteiger partial charge < -0.3 is 0 Å². The minimum Gasteiger partial charge on any atom is -0.241 e. The molecule has 1 aliphatic rings. The van der Waals surface area contributed by atoms with Crippen LogP contribution in [0.25, 0.3) is 21.5 Å². The van der Waals surface area contributed by atoms with Crippen LogP contribution in [0.1, 0.15) is 29.3 Å². The molecule has 1 aromatic heterocycles. The third kappa shape index (κ3) is 2.10. The maximum atomic E-state index is 4.47. The monoisotopic (exact) mass is 310 g/mol. The van der Waals surface area contributed by atoms with Crippen molar-refractivity contribution in [2.24, 2.45) is 0 Å². The lowest BCUT2D eigenvalue weighted by Crippen LogP contribution is -2.15. The lowest BCUT2D eigenvalue weighted by molar-refractivity contribution is 0.557. The molecule has 4 aromatic rings. The van der Waals surface area contributed by atoms with Crippen molar-refractivity contribution in [3.63, 3.8) is 0 Å². The van der Waals surface area contributed by atoms with E-state index in [1.807, 2.05) is 18.5 Å². The Kier molecular flexibility index (Phi) is 3.08. The Morgan fingerprint density at radius 3 is 2.50 bits per heavy atom. The van der Waals surface area contributed by atoms with Crippen LogP contribution in [0.2, 0.25) is 0 Å². The largest absolute Gasteiger partial charge is 0.241 e. The van der Waals surface area contributed by atoms with Gasteiger partial charge in [-0.05, 0) is 58.0 Å². The molecule has 2 heteroatoms. The van der Waals surface area contributed by atoms with Crippen molar-refractivity contribution in [3.8, 4) is 0 Å². The van der Waals surface area contributed by atoms with Gasteiger partial charge in [-0.1, -0.05) is 48.5 Å². The van der Waals surface area contributed by atoms with Gasteiger partial charge in [0.2, 0.25) is 0 Å². The number of rotatable bonds is 1. The molecule has 0 bridgehead atoms. The van der Waals surface area contributed by atoms with Gasteiger partial charge in [0, 0.05) is 18.3 Å². The van der Waals surface area contributed by atoms with Crippen LogP contribution in [0.15, 0.2) is 67.0 Å². The lowest BCUT2D eigenvalue weighted by Gasteiger charge is -2.25. The first-order valence-corrected chi connectivity index (χ1v) is 8.59. The smallest absolute Gasteiger partial charge is 0.131 e. The molecule has 0 N–H and O–H groups in total. The summed E-state index contributed by atoms with van der Waals surface area (Å²) in [7, 11) is 0. The number of hydrogen-bond donors (Lipinski definition) is 0. The fourth-order valence-electron chi connectivity index (χ4n) is 4.11. The highest BCUT2D eigenvalue weighted by Gasteiger charge is 2.23. The molecule has 0 fully saturated rings. The Bertz CT molecular complexity index is 1040. The summed E-state index contributed by atoms with van der Waals surface area (Å²) in [5.41, 5.74) is 2.98. The molecule has 3 aromatic carbocycles. The molecule has 0 spiro atoms. The van der Waals surface area contributed by atoms with E-state index < -0.39 is 0 Å². The van der Waals surface area contributed by atoms with Gasteiger partial charge in [0.05, 0.1) is 0 Å². The first-order chi connectivity index (χ1) is 11.9. The molecule has 116 valence electrons. The lowest BCUT2D eigenvalue weighted by atomic mass is 9.80. The van der Waals surface area contributed by atoms with Crippen LogP contribution in [0, 0.1) is 0 Å². The molecular weight excluding hydrogens is 292 g/mol. The second-order valence-electron chi connectivity index (χ2n) is 6.63. The predicted octanol–water partition coefficient (Wildman–Crippen LogP) is 5.06. The van der Waals surface area contributed by atoms with Gasteiger partial charge in [0.25, 0.3) is 0 Å². The van der Waals surface area contributed by atoms with E-state index in [2.05, 4.69) is 58.5 Å². The van der Waals surface area contributed by atoms with E-state index in [1.165, 1.54) is 32.7 Å². The maximum Gasteiger partial charge on any atom is 0.131 e. The summed E-state index contributed by atoms with van der Waals surface area (Å²) in [6.07, 6.45) is 6.98. The Balaban J connectivity index is 1.64. The van der Waals surface area contributed by atoms with Crippen LogP contribution in [0.5, 0.6) is 0 Å². The van der Waals surface area contributed by atoms with E-state index in [0.29, 0.717) is 5.92 Å². The van der Waals surface area contributed by atoms with Gasteiger partial charge in [-0.25, -0.2) is 9.97 Å². The molecule has 24 heavy (non-hydrogen) atoms. The first kappa shape index (κ1) is 13.7. The Hall–Kier alpha value is -2.74. The Labute approximate surface area is 141 Å². The van der Waals surface area contributed by atoms with Crippen molar-refractivity contribution >= 4 is 21.5 Å². The maximum absolute atomic E-state index is 4.47. The second-order valence-corrected chi connectivity index (χ2v) is 6.63. The molecule has 1 heterocycles. The van der Waals surface area contributed by atoms with Gasteiger partial charge in [0.1, 0.15) is 5.82 Å². The summed E-state index contributed by atoms with van der Waals surface area (Å²) < 4.78 is 0. The molecule has 5 rings (SSSR count). The molecule has 2 nitrogen and oxygen atoms in total. The minimum absolute atomic E-state index is 0.441. The molecule has 0 saturated carbocycles. The average molecular weight is 310 g/mol. The summed E-state index contributed by atoms with van der Waals surface area (Å²) in [5.74, 6) is 1.43. The average Bonchev–Trinajstić information content (AvgIpc) is 2.67. The van der Waals surface area contributed by atoms with Crippen LogP contribution in [0.4, 0.5) is 0 Å². The normalized spacial score (nSPS) is 17.1. The van der Waals surface area contributed by atoms with E-state index in [-0.39, 0.29) is 0 Å². The van der Waals surface area contributed by atoms with Gasteiger partial charge in [-0.2, -0.15) is 0 Å². The summed E-state index contributed by atoms with van der Waals surface area (Å²) >= 11 is 0. The zero-order chi connectivity index (χ0) is 15.9. The summed E-state index contributed by atoms with van der Waals surface area (Å²) in [5, 5.41) is 5.46. The minimum atomic E-state index is 0.441. The Morgan fingerprint density at radius 1 is 0.750 bits per heavy atom. The van der Waals surface area contributed by atoms with E-state index in [4.69, 9.17) is 0 Å². The third-order valence-corrected chi connectivity index (χ3v) is 5.29. The summed E-state index contributed by atoms with van der Waals surface area (Å²) in [6, 6.07) is 19.7. The number of benzene rings is 3. The molecule has 1 atom stereocenters. The van der Waals surface area contributed by atoms with E-state index in [9.17, 15) is 0 Å². The fourth-order valence-corrected chi connectivity index (χ4v) is 4.11. The number of aryl methyl sites for hydroxylation is 1. The summed E-state index contributed by atoms with van der Waals surface area (Å²) in [4.78, 5) is 8.93. The van der Waals surface area contributed by atoms with Gasteiger partial charge in [-0.15, -0.1) is 0 Å². The molecule has 0 aliphatic heterocycles. The van der Waals surface area contributed by atoms with Crippen molar-refractivity contribution in [2.75, 3.05) is 0 Å². The zero-order valence-electron chi connectivity index (χ0n) is 13.4. The van der Waals surface area contributed by atoms with Crippen LogP contribution in [0.3, 0.4) is 0 Å². The van der Waals surface area contributed by atoms with Crippen LogP contribution < -0.4 is 0 Å². The molecular formula is C22H18N2. The van der Waals surface area contributed by atoms with E-state index in [0.717, 1.165) is 25.1 Å². The van der Waals surface area contributed by atoms with E-state index >= 15 is 0 Å². The van der Waals surface area contributed by atoms with Crippen molar-refractivity contribution in [1.29, 1.82) is 0 Å². The SMILES string of the molecule is c1cnc(C2CCc3c(ccc4c3ccc3ccccc34)C2)nc1. The second kappa shape index (κ2) is 5.41. The van der Waals surface area contributed by atoms with Gasteiger partial charge >= 0.3 is 0 Å². The van der Waals surface area contributed by atoms with Crippen molar-refractivity contribution in [2.45, 2.75) is 25.2 Å². The molecule has 1 unspecified atom stereocenters. The van der Waals surface area contributed by atoms with Crippen LogP contribution in [-0.4, -0.2) is 9.97 Å². The Morgan fingerprint density at radius 2 is 1.58 bits per heavy atom. The van der Waals surface area contributed by atoms with Gasteiger partial charge in [0.15, 0.2) is 0 Å². The fraction of sp³-hybridized carbons (Fsp3) is 0.182. The predicted molar refractivity (Wildman–Crippen MR) is 98.3 cm³/mol. The van der Waals surface area contributed by atoms with Crippen molar-refractivity contribution < 1.29 is 0 Å².